The molecule has 1 unspecified atom stereocenters. The first-order valence-electron chi connectivity index (χ1n) is 10.4. The molecule has 2 aromatic rings. The first-order valence-corrected chi connectivity index (χ1v) is 10.4. The Morgan fingerprint density at radius 1 is 1.16 bits per heavy atom. The van der Waals surface area contributed by atoms with Crippen LogP contribution in [0.1, 0.15) is 48.5 Å². The van der Waals surface area contributed by atoms with Gasteiger partial charge in [0, 0.05) is 37.2 Å². The fraction of sp³-hybridized carbons (Fsp3) is 0.478. The molecule has 2 aromatic carbocycles. The number of ether oxygens (including phenoxy) is 2. The van der Waals surface area contributed by atoms with Crippen LogP contribution in [-0.2, 0) is 12.0 Å². The third-order valence-electron chi connectivity index (χ3n) is 6.56. The maximum absolute atomic E-state index is 11.1. The SMILES string of the molecule is COc1cc2c(cc1OC)C1(CCCC1)CN(CC(O)c1cccc([N+](=O)[O-])c1)C2.Cl. The number of hydrogen-bond donors (Lipinski definition) is 1. The smallest absolute Gasteiger partial charge is 0.269 e. The number of nitro benzene ring substituents is 1. The highest BCUT2D eigenvalue weighted by molar-refractivity contribution is 5.85. The lowest BCUT2D eigenvalue weighted by atomic mass is 9.73. The van der Waals surface area contributed by atoms with E-state index >= 15 is 0 Å². The molecule has 1 atom stereocenters. The molecular weight excluding hydrogens is 420 g/mol. The van der Waals surface area contributed by atoms with Crippen LogP contribution < -0.4 is 9.47 Å². The average Bonchev–Trinajstić information content (AvgIpc) is 3.21. The first-order chi connectivity index (χ1) is 14.5. The van der Waals surface area contributed by atoms with Gasteiger partial charge in [0.2, 0.25) is 0 Å². The van der Waals surface area contributed by atoms with Crippen molar-refractivity contribution in [3.05, 3.63) is 63.2 Å². The molecule has 0 radical (unpaired) electrons. The van der Waals surface area contributed by atoms with E-state index in [9.17, 15) is 15.2 Å². The zero-order chi connectivity index (χ0) is 21.3. The summed E-state index contributed by atoms with van der Waals surface area (Å²) < 4.78 is 11.1. The van der Waals surface area contributed by atoms with Crippen molar-refractivity contribution in [3.63, 3.8) is 0 Å². The maximum Gasteiger partial charge on any atom is 0.269 e. The van der Waals surface area contributed by atoms with Gasteiger partial charge in [-0.25, -0.2) is 0 Å². The van der Waals surface area contributed by atoms with Crippen LogP contribution in [0.15, 0.2) is 36.4 Å². The molecule has 1 aliphatic heterocycles. The molecule has 0 saturated heterocycles. The highest BCUT2D eigenvalue weighted by Gasteiger charge is 2.42. The van der Waals surface area contributed by atoms with Crippen molar-refractivity contribution >= 4 is 18.1 Å². The topological polar surface area (TPSA) is 85.1 Å². The number of methoxy groups -OCH3 is 2. The standard InChI is InChI=1S/C23H28N2O5.ClH/c1-29-21-11-17-13-24(14-20(26)16-6-5-7-18(10-16)25(27)28)15-23(8-3-4-9-23)19(17)12-22(21)30-2;/h5-7,10-12,20,26H,3-4,8-9,13-15H2,1-2H3;1H. The monoisotopic (exact) mass is 448 g/mol. The zero-order valence-corrected chi connectivity index (χ0v) is 18.7. The van der Waals surface area contributed by atoms with E-state index in [1.54, 1.807) is 26.4 Å². The van der Waals surface area contributed by atoms with Gasteiger partial charge in [0.15, 0.2) is 11.5 Å². The Balaban J connectivity index is 0.00000272. The van der Waals surface area contributed by atoms with Gasteiger partial charge in [-0.2, -0.15) is 0 Å². The number of aliphatic hydroxyl groups excluding tert-OH is 1. The van der Waals surface area contributed by atoms with Gasteiger partial charge in [-0.1, -0.05) is 25.0 Å². The number of fused-ring (bicyclic) bond motifs is 2. The second kappa shape index (κ2) is 9.42. The third kappa shape index (κ3) is 4.49. The largest absolute Gasteiger partial charge is 0.493 e. The Hall–Kier alpha value is -2.35. The highest BCUT2D eigenvalue weighted by Crippen LogP contribution is 2.48. The maximum atomic E-state index is 11.1. The van der Waals surface area contributed by atoms with Crippen LogP contribution in [0.5, 0.6) is 11.5 Å². The summed E-state index contributed by atoms with van der Waals surface area (Å²) in [6.45, 7) is 1.99. The average molecular weight is 449 g/mol. The van der Waals surface area contributed by atoms with E-state index < -0.39 is 11.0 Å². The van der Waals surface area contributed by atoms with Crippen molar-refractivity contribution < 1.29 is 19.5 Å². The van der Waals surface area contributed by atoms with Gasteiger partial charge in [0.25, 0.3) is 5.69 Å². The van der Waals surface area contributed by atoms with E-state index in [-0.39, 0.29) is 23.5 Å². The lowest BCUT2D eigenvalue weighted by Gasteiger charge is -2.43. The Morgan fingerprint density at radius 3 is 2.48 bits per heavy atom. The molecule has 7 nitrogen and oxygen atoms in total. The number of hydrogen-bond acceptors (Lipinski definition) is 6. The molecule has 1 heterocycles. The van der Waals surface area contributed by atoms with Gasteiger partial charge in [0.05, 0.1) is 25.2 Å². The Kier molecular flexibility index (Phi) is 7.09. The number of benzene rings is 2. The van der Waals surface area contributed by atoms with Crippen LogP contribution in [0.2, 0.25) is 0 Å². The summed E-state index contributed by atoms with van der Waals surface area (Å²) in [6.07, 6.45) is 3.81. The Labute approximate surface area is 188 Å². The van der Waals surface area contributed by atoms with Crippen molar-refractivity contribution in [2.75, 3.05) is 27.3 Å². The third-order valence-corrected chi connectivity index (χ3v) is 6.56. The van der Waals surface area contributed by atoms with Crippen molar-refractivity contribution in [1.82, 2.24) is 4.90 Å². The molecule has 4 rings (SSSR count). The molecule has 0 bridgehead atoms. The normalized spacial score (nSPS) is 18.2. The van der Waals surface area contributed by atoms with Crippen LogP contribution in [0.4, 0.5) is 5.69 Å². The lowest BCUT2D eigenvalue weighted by molar-refractivity contribution is -0.385. The minimum atomic E-state index is -0.787. The minimum absolute atomic E-state index is 0. The molecule has 1 fully saturated rings. The van der Waals surface area contributed by atoms with Crippen molar-refractivity contribution in [1.29, 1.82) is 0 Å². The summed E-state index contributed by atoms with van der Waals surface area (Å²) >= 11 is 0. The number of halogens is 1. The van der Waals surface area contributed by atoms with Gasteiger partial charge in [-0.3, -0.25) is 15.0 Å². The first kappa shape index (κ1) is 23.3. The molecule has 1 saturated carbocycles. The summed E-state index contributed by atoms with van der Waals surface area (Å²) in [5.41, 5.74) is 3.16. The molecular formula is C23H29ClN2O5. The summed E-state index contributed by atoms with van der Waals surface area (Å²) in [5, 5.41) is 21.9. The zero-order valence-electron chi connectivity index (χ0n) is 17.9. The van der Waals surface area contributed by atoms with E-state index in [2.05, 4.69) is 17.0 Å². The second-order valence-electron chi connectivity index (χ2n) is 8.39. The summed E-state index contributed by atoms with van der Waals surface area (Å²) in [4.78, 5) is 12.9. The van der Waals surface area contributed by atoms with Crippen LogP contribution in [0, 0.1) is 10.1 Å². The van der Waals surface area contributed by atoms with Crippen LogP contribution in [-0.4, -0.2) is 42.2 Å². The van der Waals surface area contributed by atoms with Crippen molar-refractivity contribution in [3.8, 4) is 11.5 Å². The van der Waals surface area contributed by atoms with Gasteiger partial charge >= 0.3 is 0 Å². The van der Waals surface area contributed by atoms with E-state index in [4.69, 9.17) is 9.47 Å². The van der Waals surface area contributed by atoms with Gasteiger partial charge in [-0.05, 0) is 41.7 Å². The van der Waals surface area contributed by atoms with E-state index in [0.717, 1.165) is 25.1 Å². The number of nitro groups is 1. The predicted molar refractivity (Wildman–Crippen MR) is 120 cm³/mol. The lowest BCUT2D eigenvalue weighted by Crippen LogP contribution is -2.45. The molecule has 1 spiro atoms. The van der Waals surface area contributed by atoms with E-state index in [1.165, 1.54) is 36.1 Å². The quantitative estimate of drug-likeness (QED) is 0.521. The van der Waals surface area contributed by atoms with Crippen LogP contribution in [0.25, 0.3) is 0 Å². The van der Waals surface area contributed by atoms with Crippen LogP contribution in [0.3, 0.4) is 0 Å². The van der Waals surface area contributed by atoms with Gasteiger partial charge < -0.3 is 14.6 Å². The minimum Gasteiger partial charge on any atom is -0.493 e. The number of non-ortho nitro benzene ring substituents is 1. The van der Waals surface area contributed by atoms with Gasteiger partial charge in [-0.15, -0.1) is 12.4 Å². The van der Waals surface area contributed by atoms with Gasteiger partial charge in [0.1, 0.15) is 0 Å². The molecule has 8 heteroatoms. The number of nitrogens with zero attached hydrogens (tertiary/aromatic N) is 2. The van der Waals surface area contributed by atoms with Crippen molar-refractivity contribution in [2.24, 2.45) is 0 Å². The van der Waals surface area contributed by atoms with E-state index in [1.807, 2.05) is 0 Å². The van der Waals surface area contributed by atoms with Crippen molar-refractivity contribution in [2.45, 2.75) is 43.7 Å². The molecule has 0 amide bonds. The summed E-state index contributed by atoms with van der Waals surface area (Å²) in [5.74, 6) is 1.47. The highest BCUT2D eigenvalue weighted by atomic mass is 35.5. The number of rotatable bonds is 6. The summed E-state index contributed by atoms with van der Waals surface area (Å²) in [6, 6.07) is 10.5. The second-order valence-corrected chi connectivity index (χ2v) is 8.39. The molecule has 168 valence electrons. The molecule has 2 aliphatic rings. The Morgan fingerprint density at radius 2 is 1.84 bits per heavy atom. The predicted octanol–water partition coefficient (Wildman–Crippen LogP) is 4.39. The summed E-state index contributed by atoms with van der Waals surface area (Å²) in [7, 11) is 3.30. The number of β-amino-alcohol motifs (C(OH)–C–C–N with tert-alkyl or cyclic N) is 1. The fourth-order valence-electron chi connectivity index (χ4n) is 5.16. The Bertz CT molecular complexity index is 946. The number of aliphatic hydroxyl groups is 1. The molecule has 0 aromatic heterocycles. The molecule has 31 heavy (non-hydrogen) atoms. The molecule has 1 N–H and O–H groups in total. The molecule has 1 aliphatic carbocycles. The fourth-order valence-corrected chi connectivity index (χ4v) is 5.16. The van der Waals surface area contributed by atoms with E-state index in [0.29, 0.717) is 24.4 Å². The van der Waals surface area contributed by atoms with Crippen LogP contribution >= 0.6 is 12.4 Å².